The van der Waals surface area contributed by atoms with Crippen molar-refractivity contribution in [3.8, 4) is 0 Å². The molecule has 0 radical (unpaired) electrons. The van der Waals surface area contributed by atoms with Crippen molar-refractivity contribution >= 4 is 18.1 Å². The van der Waals surface area contributed by atoms with Crippen molar-refractivity contribution in [3.63, 3.8) is 0 Å². The maximum Gasteiger partial charge on any atom is 0.0386 e. The zero-order valence-corrected chi connectivity index (χ0v) is 11.6. The molecular weight excluding hydrogens is 256 g/mol. The van der Waals surface area contributed by atoms with Crippen molar-refractivity contribution in [1.29, 1.82) is 0 Å². The fourth-order valence-corrected chi connectivity index (χ4v) is 2.45. The van der Waals surface area contributed by atoms with Gasteiger partial charge in [-0.15, -0.1) is 12.4 Å². The second-order valence-corrected chi connectivity index (χ2v) is 4.81. The van der Waals surface area contributed by atoms with Gasteiger partial charge in [0.05, 0.1) is 0 Å². The summed E-state index contributed by atoms with van der Waals surface area (Å²) in [5, 5.41) is 7.16. The zero-order valence-electron chi connectivity index (χ0n) is 10.8. The van der Waals surface area contributed by atoms with Gasteiger partial charge in [-0.1, -0.05) is 48.5 Å². The molecule has 2 aromatic rings. The quantitative estimate of drug-likeness (QED) is 0.879. The Bertz CT molecular complexity index is 486. The smallest absolute Gasteiger partial charge is 0.0386 e. The van der Waals surface area contributed by atoms with Gasteiger partial charge in [0.1, 0.15) is 0 Å². The van der Waals surface area contributed by atoms with E-state index in [-0.39, 0.29) is 12.4 Å². The minimum absolute atomic E-state index is 0. The first-order chi connectivity index (χ1) is 8.92. The van der Waals surface area contributed by atoms with Gasteiger partial charge in [-0.2, -0.15) is 0 Å². The fourth-order valence-electron chi connectivity index (χ4n) is 2.45. The van der Waals surface area contributed by atoms with Gasteiger partial charge in [0.2, 0.25) is 0 Å². The lowest BCUT2D eigenvalue weighted by atomic mass is 10.1. The molecule has 0 saturated carbocycles. The number of halogens is 1. The summed E-state index contributed by atoms with van der Waals surface area (Å²) in [6, 6.07) is 19.7. The summed E-state index contributed by atoms with van der Waals surface area (Å²) in [6.45, 7) is 1.92. The standard InChI is InChI=1S/C16H18N2.ClH/c1-2-6-13(7-3-1)10-15-12-18-16-9-5-4-8-14(16)11-17-15;/h1-9,15,17-18H,10-12H2;1H. The molecule has 2 nitrogen and oxygen atoms in total. The molecule has 0 amide bonds. The molecule has 1 atom stereocenters. The predicted octanol–water partition coefficient (Wildman–Crippen LogP) is 3.23. The van der Waals surface area contributed by atoms with E-state index in [1.54, 1.807) is 0 Å². The van der Waals surface area contributed by atoms with Crippen LogP contribution >= 0.6 is 12.4 Å². The molecule has 1 heterocycles. The van der Waals surface area contributed by atoms with Crippen LogP contribution in [0.15, 0.2) is 54.6 Å². The topological polar surface area (TPSA) is 24.1 Å². The normalized spacial score (nSPS) is 17.6. The lowest BCUT2D eigenvalue weighted by Gasteiger charge is -2.15. The van der Waals surface area contributed by atoms with Gasteiger partial charge in [-0.05, 0) is 23.6 Å². The SMILES string of the molecule is Cl.c1ccc(CC2CNc3ccccc3CN2)cc1. The van der Waals surface area contributed by atoms with Crippen LogP contribution in [0.4, 0.5) is 5.69 Å². The van der Waals surface area contributed by atoms with E-state index in [1.807, 2.05) is 0 Å². The lowest BCUT2D eigenvalue weighted by molar-refractivity contribution is 0.537. The molecule has 100 valence electrons. The summed E-state index contributed by atoms with van der Waals surface area (Å²) in [5.41, 5.74) is 4.01. The molecule has 0 saturated heterocycles. The largest absolute Gasteiger partial charge is 0.383 e. The highest BCUT2D eigenvalue weighted by Crippen LogP contribution is 2.18. The monoisotopic (exact) mass is 274 g/mol. The molecule has 2 N–H and O–H groups in total. The zero-order chi connectivity index (χ0) is 12.2. The molecule has 2 aromatic carbocycles. The first-order valence-electron chi connectivity index (χ1n) is 6.51. The summed E-state index contributed by atoms with van der Waals surface area (Å²) in [5.74, 6) is 0. The summed E-state index contributed by atoms with van der Waals surface area (Å²) >= 11 is 0. The van der Waals surface area contributed by atoms with E-state index in [1.165, 1.54) is 16.8 Å². The number of fused-ring (bicyclic) bond motifs is 1. The van der Waals surface area contributed by atoms with Gasteiger partial charge in [-0.25, -0.2) is 0 Å². The lowest BCUT2D eigenvalue weighted by Crippen LogP contribution is -2.34. The van der Waals surface area contributed by atoms with Gasteiger partial charge in [0.15, 0.2) is 0 Å². The molecule has 0 fully saturated rings. The van der Waals surface area contributed by atoms with Gasteiger partial charge >= 0.3 is 0 Å². The van der Waals surface area contributed by atoms with Crippen LogP contribution in [-0.4, -0.2) is 12.6 Å². The highest BCUT2D eigenvalue weighted by molar-refractivity contribution is 5.85. The van der Waals surface area contributed by atoms with E-state index in [4.69, 9.17) is 0 Å². The number of nitrogens with one attached hydrogen (secondary N) is 2. The minimum atomic E-state index is 0. The summed E-state index contributed by atoms with van der Waals surface area (Å²) in [6.07, 6.45) is 1.07. The minimum Gasteiger partial charge on any atom is -0.383 e. The van der Waals surface area contributed by atoms with Crippen LogP contribution in [0.3, 0.4) is 0 Å². The average molecular weight is 275 g/mol. The van der Waals surface area contributed by atoms with Crippen LogP contribution < -0.4 is 10.6 Å². The first kappa shape index (κ1) is 13.9. The van der Waals surface area contributed by atoms with Crippen LogP contribution in [0.25, 0.3) is 0 Å². The summed E-state index contributed by atoms with van der Waals surface area (Å²) in [7, 11) is 0. The van der Waals surface area contributed by atoms with Crippen LogP contribution in [0.2, 0.25) is 0 Å². The van der Waals surface area contributed by atoms with Crippen LogP contribution in [0.5, 0.6) is 0 Å². The Balaban J connectivity index is 0.00000133. The second-order valence-electron chi connectivity index (χ2n) is 4.81. The van der Waals surface area contributed by atoms with Crippen molar-refractivity contribution in [2.24, 2.45) is 0 Å². The van der Waals surface area contributed by atoms with Crippen molar-refractivity contribution in [1.82, 2.24) is 5.32 Å². The van der Waals surface area contributed by atoms with E-state index < -0.39 is 0 Å². The highest BCUT2D eigenvalue weighted by Gasteiger charge is 2.14. The van der Waals surface area contributed by atoms with Crippen molar-refractivity contribution < 1.29 is 0 Å². The van der Waals surface area contributed by atoms with Crippen LogP contribution in [0, 0.1) is 0 Å². The van der Waals surface area contributed by atoms with E-state index in [2.05, 4.69) is 65.2 Å². The molecule has 19 heavy (non-hydrogen) atoms. The molecule has 0 spiro atoms. The maximum absolute atomic E-state index is 3.62. The van der Waals surface area contributed by atoms with E-state index in [0.717, 1.165) is 19.5 Å². The van der Waals surface area contributed by atoms with E-state index in [9.17, 15) is 0 Å². The van der Waals surface area contributed by atoms with Crippen molar-refractivity contribution in [3.05, 3.63) is 65.7 Å². The van der Waals surface area contributed by atoms with E-state index in [0.29, 0.717) is 6.04 Å². The average Bonchev–Trinajstić information content (AvgIpc) is 2.63. The summed E-state index contributed by atoms with van der Waals surface area (Å²) in [4.78, 5) is 0. The molecule has 0 bridgehead atoms. The third-order valence-corrected chi connectivity index (χ3v) is 3.46. The van der Waals surface area contributed by atoms with Crippen molar-refractivity contribution in [2.75, 3.05) is 11.9 Å². The van der Waals surface area contributed by atoms with Crippen LogP contribution in [-0.2, 0) is 13.0 Å². The second kappa shape index (κ2) is 6.60. The Labute approximate surface area is 120 Å². The third-order valence-electron chi connectivity index (χ3n) is 3.46. The Kier molecular flexibility index (Phi) is 4.83. The van der Waals surface area contributed by atoms with Gasteiger partial charge in [0, 0.05) is 24.8 Å². The maximum atomic E-state index is 3.62. The Morgan fingerprint density at radius 2 is 1.68 bits per heavy atom. The Morgan fingerprint density at radius 3 is 2.53 bits per heavy atom. The molecule has 1 aliphatic heterocycles. The molecule has 0 aromatic heterocycles. The number of para-hydroxylation sites is 1. The summed E-state index contributed by atoms with van der Waals surface area (Å²) < 4.78 is 0. The number of rotatable bonds is 2. The van der Waals surface area contributed by atoms with Crippen molar-refractivity contribution in [2.45, 2.75) is 19.0 Å². The molecule has 1 aliphatic rings. The fraction of sp³-hybridized carbons (Fsp3) is 0.250. The number of hydrogen-bond acceptors (Lipinski definition) is 2. The molecule has 0 aliphatic carbocycles. The highest BCUT2D eigenvalue weighted by atomic mass is 35.5. The molecule has 1 unspecified atom stereocenters. The first-order valence-corrected chi connectivity index (χ1v) is 6.51. The molecule has 3 rings (SSSR count). The molecule has 3 heteroatoms. The number of benzene rings is 2. The van der Waals surface area contributed by atoms with E-state index >= 15 is 0 Å². The number of hydrogen-bond donors (Lipinski definition) is 2. The van der Waals surface area contributed by atoms with Gasteiger partial charge in [0.25, 0.3) is 0 Å². The van der Waals surface area contributed by atoms with Gasteiger partial charge in [-0.3, -0.25) is 0 Å². The third kappa shape index (κ3) is 3.49. The molecular formula is C16H19ClN2. The Morgan fingerprint density at radius 1 is 0.947 bits per heavy atom. The van der Waals surface area contributed by atoms with Gasteiger partial charge < -0.3 is 10.6 Å². The predicted molar refractivity (Wildman–Crippen MR) is 83.0 cm³/mol. The van der Waals surface area contributed by atoms with Crippen LogP contribution in [0.1, 0.15) is 11.1 Å². The Hall–Kier alpha value is -1.51. The number of anilines is 1.